The molecule has 0 aliphatic carbocycles. The number of hydrogen-bond donors (Lipinski definition) is 0. The van der Waals surface area contributed by atoms with E-state index in [-0.39, 0.29) is 0 Å². The molecular weight excluding hydrogens is 567 g/mol. The van der Waals surface area contributed by atoms with Crippen LogP contribution in [-0.2, 0) is 0 Å². The van der Waals surface area contributed by atoms with E-state index in [1.54, 1.807) is 0 Å². The van der Waals surface area contributed by atoms with Gasteiger partial charge in [-0.2, -0.15) is 0 Å². The molecule has 0 amide bonds. The first-order chi connectivity index (χ1) is 22.3. The Morgan fingerprint density at radius 3 is 1.87 bits per heavy atom. The van der Waals surface area contributed by atoms with E-state index in [1.807, 2.05) is 17.4 Å². The third-order valence-electron chi connectivity index (χ3n) is 8.69. The van der Waals surface area contributed by atoms with Crippen molar-refractivity contribution in [3.05, 3.63) is 164 Å². The van der Waals surface area contributed by atoms with Gasteiger partial charge in [0, 0.05) is 26.5 Å². The minimum atomic E-state index is 0.882. The Balaban J connectivity index is 1.35. The predicted molar refractivity (Wildman–Crippen MR) is 192 cm³/mol. The van der Waals surface area contributed by atoms with Gasteiger partial charge in [0.1, 0.15) is 11.2 Å². The van der Waals surface area contributed by atoms with Gasteiger partial charge in [-0.3, -0.25) is 0 Å². The normalized spacial score (nSPS) is 11.6. The maximum Gasteiger partial charge on any atom is 0.137 e. The van der Waals surface area contributed by atoms with Crippen LogP contribution in [0.25, 0.3) is 64.4 Å². The molecule has 0 atom stereocenters. The van der Waals surface area contributed by atoms with Crippen LogP contribution in [0.4, 0.5) is 17.1 Å². The zero-order valence-corrected chi connectivity index (χ0v) is 25.2. The number of thiophene rings is 1. The first kappa shape index (κ1) is 25.8. The van der Waals surface area contributed by atoms with E-state index >= 15 is 0 Å². The van der Waals surface area contributed by atoms with Gasteiger partial charge < -0.3 is 9.32 Å². The third-order valence-corrected chi connectivity index (χ3v) is 9.88. The fraction of sp³-hybridized carbons (Fsp3) is 0. The van der Waals surface area contributed by atoms with Crippen molar-refractivity contribution in [1.82, 2.24) is 0 Å². The predicted octanol–water partition coefficient (Wildman–Crippen LogP) is 12.8. The van der Waals surface area contributed by atoms with Crippen LogP contribution in [0.15, 0.2) is 168 Å². The van der Waals surface area contributed by atoms with E-state index in [4.69, 9.17) is 4.42 Å². The largest absolute Gasteiger partial charge is 0.456 e. The smallest absolute Gasteiger partial charge is 0.137 e. The van der Waals surface area contributed by atoms with Gasteiger partial charge in [0.25, 0.3) is 0 Å². The van der Waals surface area contributed by atoms with Crippen LogP contribution in [0.2, 0.25) is 0 Å². The van der Waals surface area contributed by atoms with Crippen LogP contribution in [-0.4, -0.2) is 0 Å². The first-order valence-corrected chi connectivity index (χ1v) is 16.0. The molecule has 3 heteroatoms. The molecule has 212 valence electrons. The van der Waals surface area contributed by atoms with Crippen molar-refractivity contribution < 1.29 is 4.42 Å². The molecular formula is C42H27NOS. The lowest BCUT2D eigenvalue weighted by molar-refractivity contribution is 0.669. The number of fused-ring (bicyclic) bond motifs is 6. The topological polar surface area (TPSA) is 16.4 Å². The second-order valence-corrected chi connectivity index (χ2v) is 12.3. The standard InChI is InChI=1S/C42H27NOS/c1-3-12-28(13-4-1)29-22-24-31(25-23-29)43(35-18-11-20-38-41(35)33-16-7-9-19-37(33)44-38)36-27-26-32(30-14-5-2-6-15-30)40-34-17-8-10-21-39(34)45-42(36)40/h1-27H. The maximum atomic E-state index is 6.38. The minimum Gasteiger partial charge on any atom is -0.456 e. The zero-order chi connectivity index (χ0) is 29.7. The highest BCUT2D eigenvalue weighted by Gasteiger charge is 2.23. The van der Waals surface area contributed by atoms with Crippen molar-refractivity contribution in [3.63, 3.8) is 0 Å². The SMILES string of the molecule is c1ccc(-c2ccc(N(c3ccc(-c4ccccc4)c4c3sc3ccccc34)c3cccc4oc5ccccc5c34)cc2)cc1. The number of anilines is 3. The van der Waals surface area contributed by atoms with Crippen molar-refractivity contribution in [1.29, 1.82) is 0 Å². The number of hydrogen-bond acceptors (Lipinski definition) is 3. The molecule has 0 spiro atoms. The van der Waals surface area contributed by atoms with Gasteiger partial charge in [-0.15, -0.1) is 11.3 Å². The second-order valence-electron chi connectivity index (χ2n) is 11.3. The van der Waals surface area contributed by atoms with Gasteiger partial charge in [0.15, 0.2) is 0 Å². The molecule has 7 aromatic carbocycles. The quantitative estimate of drug-likeness (QED) is 0.197. The summed E-state index contributed by atoms with van der Waals surface area (Å²) in [6, 6.07) is 58.4. The Labute approximate surface area is 265 Å². The monoisotopic (exact) mass is 593 g/mol. The average Bonchev–Trinajstić information content (AvgIpc) is 3.69. The molecule has 0 saturated carbocycles. The van der Waals surface area contributed by atoms with Crippen LogP contribution in [0.1, 0.15) is 0 Å². The van der Waals surface area contributed by atoms with Gasteiger partial charge in [-0.05, 0) is 64.7 Å². The van der Waals surface area contributed by atoms with Gasteiger partial charge >= 0.3 is 0 Å². The molecule has 0 unspecified atom stereocenters. The summed E-state index contributed by atoms with van der Waals surface area (Å²) in [5, 5.41) is 4.79. The lowest BCUT2D eigenvalue weighted by Crippen LogP contribution is -2.10. The summed E-state index contributed by atoms with van der Waals surface area (Å²) in [5.74, 6) is 0. The molecule has 2 nitrogen and oxygen atoms in total. The van der Waals surface area contributed by atoms with E-state index in [1.165, 1.54) is 42.4 Å². The third kappa shape index (κ3) is 4.24. The summed E-state index contributed by atoms with van der Waals surface area (Å²) in [4.78, 5) is 2.42. The minimum absolute atomic E-state index is 0.882. The van der Waals surface area contributed by atoms with Gasteiger partial charge in [-0.25, -0.2) is 0 Å². The molecule has 0 aliphatic rings. The average molecular weight is 594 g/mol. The molecule has 45 heavy (non-hydrogen) atoms. The van der Waals surface area contributed by atoms with Crippen molar-refractivity contribution in [2.75, 3.05) is 4.90 Å². The Kier molecular flexibility index (Phi) is 6.03. The molecule has 0 fully saturated rings. The fourth-order valence-corrected chi connectivity index (χ4v) is 7.87. The van der Waals surface area contributed by atoms with E-state index in [2.05, 4.69) is 163 Å². The molecule has 9 rings (SSSR count). The van der Waals surface area contributed by atoms with Crippen molar-refractivity contribution >= 4 is 70.5 Å². The van der Waals surface area contributed by atoms with Crippen LogP contribution in [0.3, 0.4) is 0 Å². The summed E-state index contributed by atoms with van der Waals surface area (Å²) in [6.45, 7) is 0. The zero-order valence-electron chi connectivity index (χ0n) is 24.4. The highest BCUT2D eigenvalue weighted by Crippen LogP contribution is 2.50. The van der Waals surface area contributed by atoms with Crippen molar-refractivity contribution in [2.45, 2.75) is 0 Å². The number of furan rings is 1. The molecule has 9 aromatic rings. The summed E-state index contributed by atoms with van der Waals surface area (Å²) in [5.41, 5.74) is 9.98. The van der Waals surface area contributed by atoms with Crippen molar-refractivity contribution in [3.8, 4) is 22.3 Å². The van der Waals surface area contributed by atoms with E-state index in [9.17, 15) is 0 Å². The summed E-state index contributed by atoms with van der Waals surface area (Å²) >= 11 is 1.86. The number of rotatable bonds is 5. The lowest BCUT2D eigenvalue weighted by atomic mass is 9.98. The molecule has 2 heterocycles. The Hall–Kier alpha value is -5.64. The number of nitrogens with zero attached hydrogens (tertiary/aromatic N) is 1. The summed E-state index contributed by atoms with van der Waals surface area (Å²) < 4.78 is 8.92. The molecule has 0 N–H and O–H groups in total. The highest BCUT2D eigenvalue weighted by atomic mass is 32.1. The number of para-hydroxylation sites is 1. The summed E-state index contributed by atoms with van der Waals surface area (Å²) in [7, 11) is 0. The molecule has 0 aliphatic heterocycles. The van der Waals surface area contributed by atoms with Crippen LogP contribution < -0.4 is 4.90 Å². The molecule has 0 bridgehead atoms. The highest BCUT2D eigenvalue weighted by molar-refractivity contribution is 7.26. The van der Waals surface area contributed by atoms with E-state index in [0.717, 1.165) is 39.0 Å². The van der Waals surface area contributed by atoms with Gasteiger partial charge in [0.2, 0.25) is 0 Å². The lowest BCUT2D eigenvalue weighted by Gasteiger charge is -2.27. The summed E-state index contributed by atoms with van der Waals surface area (Å²) in [6.07, 6.45) is 0. The van der Waals surface area contributed by atoms with Crippen LogP contribution >= 0.6 is 11.3 Å². The molecule has 0 radical (unpaired) electrons. The fourth-order valence-electron chi connectivity index (χ4n) is 6.63. The van der Waals surface area contributed by atoms with Crippen LogP contribution in [0.5, 0.6) is 0 Å². The Morgan fingerprint density at radius 1 is 0.422 bits per heavy atom. The first-order valence-electron chi connectivity index (χ1n) is 15.2. The second kappa shape index (κ2) is 10.5. The van der Waals surface area contributed by atoms with Gasteiger partial charge in [-0.1, -0.05) is 121 Å². The van der Waals surface area contributed by atoms with E-state index < -0.39 is 0 Å². The Morgan fingerprint density at radius 2 is 1.07 bits per heavy atom. The van der Waals surface area contributed by atoms with Gasteiger partial charge in [0.05, 0.1) is 21.5 Å². The Bertz CT molecular complexity index is 2470. The van der Waals surface area contributed by atoms with Crippen molar-refractivity contribution in [2.24, 2.45) is 0 Å². The van der Waals surface area contributed by atoms with Crippen LogP contribution in [0, 0.1) is 0 Å². The molecule has 2 aromatic heterocycles. The maximum absolute atomic E-state index is 6.38. The van der Waals surface area contributed by atoms with E-state index in [0.29, 0.717) is 0 Å². The number of benzene rings is 7. The molecule has 0 saturated heterocycles.